The number of halogens is 1. The summed E-state index contributed by atoms with van der Waals surface area (Å²) in [4.78, 5) is 13.2. The van der Waals surface area contributed by atoms with Gasteiger partial charge in [0, 0.05) is 28.1 Å². The van der Waals surface area contributed by atoms with Crippen LogP contribution in [-0.2, 0) is 6.54 Å². The topological polar surface area (TPSA) is 73.0 Å². The van der Waals surface area contributed by atoms with Gasteiger partial charge in [-0.3, -0.25) is 9.48 Å². The second-order valence-corrected chi connectivity index (χ2v) is 6.66. The van der Waals surface area contributed by atoms with Crippen molar-refractivity contribution in [3.63, 3.8) is 0 Å². The summed E-state index contributed by atoms with van der Waals surface area (Å²) in [5, 5.41) is 13.0. The SMILES string of the molecule is Cc1noc(C)c1Cn1ccc(NC(=O)c2scc(S)c2Cl)n1. The summed E-state index contributed by atoms with van der Waals surface area (Å²) in [6, 6.07) is 1.72. The summed E-state index contributed by atoms with van der Waals surface area (Å²) in [7, 11) is 0. The van der Waals surface area contributed by atoms with Crippen molar-refractivity contribution in [2.24, 2.45) is 0 Å². The Balaban J connectivity index is 1.72. The first-order valence-electron chi connectivity index (χ1n) is 6.68. The first-order chi connectivity index (χ1) is 11.0. The van der Waals surface area contributed by atoms with Gasteiger partial charge in [-0.05, 0) is 13.8 Å². The van der Waals surface area contributed by atoms with E-state index < -0.39 is 0 Å². The van der Waals surface area contributed by atoms with Gasteiger partial charge in [-0.25, -0.2) is 0 Å². The van der Waals surface area contributed by atoms with Crippen molar-refractivity contribution in [3.05, 3.63) is 44.6 Å². The lowest BCUT2D eigenvalue weighted by Crippen LogP contribution is -2.12. The largest absolute Gasteiger partial charge is 0.361 e. The number of carbonyl (C=O) groups is 1. The molecule has 0 aliphatic heterocycles. The first-order valence-corrected chi connectivity index (χ1v) is 8.38. The van der Waals surface area contributed by atoms with E-state index in [0.717, 1.165) is 17.0 Å². The normalized spacial score (nSPS) is 11.0. The van der Waals surface area contributed by atoms with Gasteiger partial charge in [0.05, 0.1) is 17.3 Å². The zero-order chi connectivity index (χ0) is 16.6. The molecule has 0 aliphatic rings. The molecular weight excluding hydrogens is 356 g/mol. The Morgan fingerprint density at radius 3 is 2.91 bits per heavy atom. The van der Waals surface area contributed by atoms with Gasteiger partial charge in [0.1, 0.15) is 10.6 Å². The summed E-state index contributed by atoms with van der Waals surface area (Å²) in [6.07, 6.45) is 1.78. The Labute approximate surface area is 146 Å². The van der Waals surface area contributed by atoms with Gasteiger partial charge in [-0.2, -0.15) is 5.10 Å². The van der Waals surface area contributed by atoms with Crippen molar-refractivity contribution in [1.29, 1.82) is 0 Å². The summed E-state index contributed by atoms with van der Waals surface area (Å²) < 4.78 is 6.84. The van der Waals surface area contributed by atoms with E-state index in [2.05, 4.69) is 28.2 Å². The second-order valence-electron chi connectivity index (χ2n) is 4.92. The smallest absolute Gasteiger partial charge is 0.268 e. The summed E-state index contributed by atoms with van der Waals surface area (Å²) in [5.74, 6) is 0.907. The predicted molar refractivity (Wildman–Crippen MR) is 91.8 cm³/mol. The third-order valence-electron chi connectivity index (χ3n) is 3.30. The lowest BCUT2D eigenvalue weighted by Gasteiger charge is -2.02. The molecule has 3 rings (SSSR count). The maximum Gasteiger partial charge on any atom is 0.268 e. The fourth-order valence-corrected chi connectivity index (χ4v) is 3.47. The second kappa shape index (κ2) is 6.38. The molecule has 0 fully saturated rings. The number of amides is 1. The number of hydrogen-bond acceptors (Lipinski definition) is 6. The zero-order valence-electron chi connectivity index (χ0n) is 12.3. The van der Waals surface area contributed by atoms with Crippen molar-refractivity contribution in [2.45, 2.75) is 25.3 Å². The predicted octanol–water partition coefficient (Wildman–Crippen LogP) is 3.79. The first kappa shape index (κ1) is 16.1. The van der Waals surface area contributed by atoms with Gasteiger partial charge in [0.25, 0.3) is 5.91 Å². The van der Waals surface area contributed by atoms with Crippen LogP contribution in [-0.4, -0.2) is 20.8 Å². The molecule has 0 aromatic carbocycles. The molecule has 0 bridgehead atoms. The van der Waals surface area contributed by atoms with Crippen LogP contribution < -0.4 is 5.32 Å². The molecule has 0 radical (unpaired) electrons. The molecular formula is C14H13ClN4O2S2. The Kier molecular flexibility index (Phi) is 4.47. The molecule has 0 saturated carbocycles. The van der Waals surface area contributed by atoms with E-state index in [1.54, 1.807) is 22.3 Å². The van der Waals surface area contributed by atoms with E-state index in [4.69, 9.17) is 16.1 Å². The Morgan fingerprint density at radius 2 is 2.30 bits per heavy atom. The Bertz CT molecular complexity index is 849. The fraction of sp³-hybridized carbons (Fsp3) is 0.214. The van der Waals surface area contributed by atoms with E-state index in [9.17, 15) is 4.79 Å². The van der Waals surface area contributed by atoms with Crippen molar-refractivity contribution in [2.75, 3.05) is 5.32 Å². The molecule has 120 valence electrons. The Morgan fingerprint density at radius 1 is 1.52 bits per heavy atom. The van der Waals surface area contributed by atoms with Gasteiger partial charge in [0.2, 0.25) is 0 Å². The minimum Gasteiger partial charge on any atom is -0.361 e. The Hall–Kier alpha value is -1.77. The molecule has 3 aromatic rings. The molecule has 9 heteroatoms. The average molecular weight is 369 g/mol. The van der Waals surface area contributed by atoms with Gasteiger partial charge < -0.3 is 9.84 Å². The number of aromatic nitrogens is 3. The van der Waals surface area contributed by atoms with Crippen LogP contribution in [0.4, 0.5) is 5.82 Å². The minimum atomic E-state index is -0.303. The fourth-order valence-electron chi connectivity index (χ4n) is 2.07. The van der Waals surface area contributed by atoms with Crippen LogP contribution in [0.2, 0.25) is 5.02 Å². The molecule has 0 saturated heterocycles. The van der Waals surface area contributed by atoms with Crippen LogP contribution in [0.25, 0.3) is 0 Å². The molecule has 0 spiro atoms. The van der Waals surface area contributed by atoms with Crippen LogP contribution in [0, 0.1) is 13.8 Å². The number of anilines is 1. The van der Waals surface area contributed by atoms with E-state index in [-0.39, 0.29) is 5.91 Å². The van der Waals surface area contributed by atoms with E-state index in [0.29, 0.717) is 27.2 Å². The van der Waals surface area contributed by atoms with Crippen LogP contribution in [0.15, 0.2) is 27.1 Å². The average Bonchev–Trinajstić information content (AvgIpc) is 3.17. The molecule has 1 N–H and O–H groups in total. The van der Waals surface area contributed by atoms with Crippen LogP contribution in [0.1, 0.15) is 26.7 Å². The maximum atomic E-state index is 12.2. The molecule has 0 unspecified atom stereocenters. The molecule has 0 atom stereocenters. The standard InChI is InChI=1S/C14H13ClN4O2S2/c1-7-9(8(2)21-18-7)5-19-4-3-11(17-19)16-14(20)13-12(15)10(22)6-23-13/h3-4,6,22H,5H2,1-2H3,(H,16,17,20). The third kappa shape index (κ3) is 3.29. The highest BCUT2D eigenvalue weighted by Gasteiger charge is 2.16. The number of thiol groups is 1. The van der Waals surface area contributed by atoms with Gasteiger partial charge in [-0.1, -0.05) is 16.8 Å². The molecule has 3 heterocycles. The van der Waals surface area contributed by atoms with E-state index in [1.165, 1.54) is 11.3 Å². The summed E-state index contributed by atoms with van der Waals surface area (Å²) in [5.41, 5.74) is 1.81. The number of hydrogen-bond donors (Lipinski definition) is 2. The number of nitrogens with one attached hydrogen (secondary N) is 1. The van der Waals surface area contributed by atoms with Crippen LogP contribution in [0.5, 0.6) is 0 Å². The lowest BCUT2D eigenvalue weighted by atomic mass is 10.2. The summed E-state index contributed by atoms with van der Waals surface area (Å²) >= 11 is 11.5. The minimum absolute atomic E-state index is 0.303. The van der Waals surface area contributed by atoms with Gasteiger partial charge >= 0.3 is 0 Å². The quantitative estimate of drug-likeness (QED) is 0.687. The number of rotatable bonds is 4. The van der Waals surface area contributed by atoms with E-state index in [1.807, 2.05) is 13.8 Å². The number of thiophene rings is 1. The van der Waals surface area contributed by atoms with Crippen molar-refractivity contribution in [3.8, 4) is 0 Å². The highest BCUT2D eigenvalue weighted by atomic mass is 35.5. The molecule has 6 nitrogen and oxygen atoms in total. The highest BCUT2D eigenvalue weighted by Crippen LogP contribution is 2.30. The molecule has 0 aliphatic carbocycles. The van der Waals surface area contributed by atoms with Crippen LogP contribution in [0.3, 0.4) is 0 Å². The number of nitrogens with zero attached hydrogens (tertiary/aromatic N) is 3. The third-order valence-corrected chi connectivity index (χ3v) is 5.45. The number of aryl methyl sites for hydroxylation is 2. The molecule has 1 amide bonds. The monoisotopic (exact) mass is 368 g/mol. The van der Waals surface area contributed by atoms with Crippen molar-refractivity contribution in [1.82, 2.24) is 14.9 Å². The van der Waals surface area contributed by atoms with Gasteiger partial charge in [-0.15, -0.1) is 24.0 Å². The maximum absolute atomic E-state index is 12.2. The lowest BCUT2D eigenvalue weighted by molar-refractivity contribution is 0.103. The van der Waals surface area contributed by atoms with E-state index >= 15 is 0 Å². The number of carbonyl (C=O) groups excluding carboxylic acids is 1. The van der Waals surface area contributed by atoms with Gasteiger partial charge in [0.15, 0.2) is 5.82 Å². The summed E-state index contributed by atoms with van der Waals surface area (Å²) in [6.45, 7) is 4.26. The zero-order valence-corrected chi connectivity index (χ0v) is 14.8. The van der Waals surface area contributed by atoms with Crippen LogP contribution >= 0.6 is 35.6 Å². The molecule has 3 aromatic heterocycles. The highest BCUT2D eigenvalue weighted by molar-refractivity contribution is 7.80. The van der Waals surface area contributed by atoms with Crippen molar-refractivity contribution < 1.29 is 9.32 Å². The molecule has 23 heavy (non-hydrogen) atoms. The van der Waals surface area contributed by atoms with Crippen molar-refractivity contribution >= 4 is 47.3 Å².